The zero-order valence-corrected chi connectivity index (χ0v) is 40.8. The number of carbonyl (C=O) groups is 1. The van der Waals surface area contributed by atoms with E-state index in [0.717, 1.165) is 44.5 Å². The number of aromatic nitrogens is 4. The van der Waals surface area contributed by atoms with Crippen LogP contribution >= 0.6 is 0 Å². The Kier molecular flexibility index (Phi) is 14.8. The van der Waals surface area contributed by atoms with Crippen LogP contribution in [0, 0.1) is 0 Å². The molecule has 3 heterocycles. The molecular weight excluding hydrogens is 943 g/mol. The van der Waals surface area contributed by atoms with Gasteiger partial charge in [0.1, 0.15) is 48.5 Å². The first kappa shape index (κ1) is 49.7. The van der Waals surface area contributed by atoms with Crippen molar-refractivity contribution in [1.29, 1.82) is 0 Å². The molecule has 1 aliphatic carbocycles. The lowest BCUT2D eigenvalue weighted by Gasteiger charge is -2.37. The van der Waals surface area contributed by atoms with Gasteiger partial charge in [-0.3, -0.25) is 19.7 Å². The SMILES string of the molecule is COc1ccc(C(OCC2O[C@@H](n3cnc4c(=O)[nH]c(NC(O)CCNC(O)c5ccc(CNC(=O)OCC6c7ccccc7-c7ccccc76)cc5)nc43)CC2O)(c2ccccc2)c2ccc(OC)cc2)cc1. The third-order valence-corrected chi connectivity index (χ3v) is 13.7. The van der Waals surface area contributed by atoms with Crippen molar-refractivity contribution in [3.05, 3.63) is 207 Å². The van der Waals surface area contributed by atoms with Crippen LogP contribution in [-0.2, 0) is 26.4 Å². The van der Waals surface area contributed by atoms with Crippen molar-refractivity contribution in [3.8, 4) is 22.6 Å². The van der Waals surface area contributed by atoms with E-state index in [1.54, 1.807) is 43.1 Å². The smallest absolute Gasteiger partial charge is 0.407 e. The summed E-state index contributed by atoms with van der Waals surface area (Å²) in [6.07, 6.45) is -3.55. The number of imidazole rings is 1. The fourth-order valence-electron chi connectivity index (χ4n) is 9.87. The fourth-order valence-corrected chi connectivity index (χ4v) is 9.87. The summed E-state index contributed by atoms with van der Waals surface area (Å²) in [5.74, 6) is 1.32. The highest BCUT2D eigenvalue weighted by molar-refractivity contribution is 5.79. The van der Waals surface area contributed by atoms with E-state index in [4.69, 9.17) is 23.7 Å². The van der Waals surface area contributed by atoms with E-state index in [9.17, 15) is 24.9 Å². The Hall–Kier alpha value is -7.90. The molecule has 10 rings (SSSR count). The number of aliphatic hydroxyl groups excluding tert-OH is 3. The van der Waals surface area contributed by atoms with Gasteiger partial charge in [0.05, 0.1) is 33.3 Å². The van der Waals surface area contributed by atoms with Gasteiger partial charge < -0.3 is 49.6 Å². The largest absolute Gasteiger partial charge is 0.497 e. The molecule has 5 atom stereocenters. The normalized spacial score (nSPS) is 17.1. The Bertz CT molecular complexity index is 3150. The summed E-state index contributed by atoms with van der Waals surface area (Å²) in [6, 6.07) is 48.6. The van der Waals surface area contributed by atoms with Crippen molar-refractivity contribution < 1.29 is 43.8 Å². The highest BCUT2D eigenvalue weighted by atomic mass is 16.6. The van der Waals surface area contributed by atoms with Gasteiger partial charge >= 0.3 is 6.09 Å². The number of fused-ring (bicyclic) bond motifs is 4. The fraction of sp³-hybridized carbons (Fsp3) is 0.263. The maximum atomic E-state index is 13.3. The van der Waals surface area contributed by atoms with E-state index in [1.807, 2.05) is 103 Å². The highest BCUT2D eigenvalue weighted by Crippen LogP contribution is 2.45. The third-order valence-electron chi connectivity index (χ3n) is 13.7. The summed E-state index contributed by atoms with van der Waals surface area (Å²) in [4.78, 5) is 37.5. The van der Waals surface area contributed by atoms with Gasteiger partial charge in [0, 0.05) is 31.8 Å². The lowest BCUT2D eigenvalue weighted by Crippen LogP contribution is -2.38. The monoisotopic (exact) mass is 999 g/mol. The standard InChI is InChI=1S/C57H57N7O10/c1-70-40-24-20-38(21-25-40)57(37-10-4-3-5-11-37,39-22-26-41(71-2)27-23-39)73-33-48-47(65)30-50(74-48)64-34-60-51-52(64)62-55(63-54(51)68)61-49(66)28-29-58-53(67)36-18-16-35(17-19-36)31-59-56(69)72-32-46-44-14-8-6-12-42(44)43-13-7-9-15-45(43)46/h3-27,34,46-50,53,58,65-67H,28-33H2,1-2H3,(H,59,69)(H2,61,62,63,68)/t47?,48?,49?,50-,53?/m1/s1. The number of methoxy groups -OCH3 is 2. The van der Waals surface area contributed by atoms with Crippen LogP contribution in [-0.4, -0.2) is 93.3 Å². The van der Waals surface area contributed by atoms with Crippen LogP contribution < -0.4 is 31.0 Å². The predicted octanol–water partition coefficient (Wildman–Crippen LogP) is 7.23. The minimum Gasteiger partial charge on any atom is -0.497 e. The molecule has 0 spiro atoms. The third kappa shape index (κ3) is 10.3. The van der Waals surface area contributed by atoms with Crippen LogP contribution in [0.2, 0.25) is 0 Å². The molecular formula is C57H57N7O10. The lowest BCUT2D eigenvalue weighted by atomic mass is 9.80. The van der Waals surface area contributed by atoms with E-state index < -0.39 is 48.1 Å². The second kappa shape index (κ2) is 22.1. The zero-order chi connectivity index (χ0) is 51.2. The van der Waals surface area contributed by atoms with Gasteiger partial charge in [-0.25, -0.2) is 9.78 Å². The van der Waals surface area contributed by atoms with Gasteiger partial charge in [-0.2, -0.15) is 4.98 Å². The van der Waals surface area contributed by atoms with Crippen molar-refractivity contribution in [1.82, 2.24) is 30.2 Å². The minimum absolute atomic E-state index is 0.00960. The summed E-state index contributed by atoms with van der Waals surface area (Å²) in [7, 11) is 3.22. The first-order valence-electron chi connectivity index (χ1n) is 24.4. The molecule has 1 amide bonds. The van der Waals surface area contributed by atoms with Gasteiger partial charge in [-0.05, 0) is 74.3 Å². The Morgan fingerprint density at radius 1 is 0.797 bits per heavy atom. The van der Waals surface area contributed by atoms with Crippen LogP contribution in [0.4, 0.5) is 10.7 Å². The van der Waals surface area contributed by atoms with Crippen molar-refractivity contribution in [2.75, 3.05) is 39.3 Å². The Balaban J connectivity index is 0.731. The molecule has 380 valence electrons. The van der Waals surface area contributed by atoms with Crippen LogP contribution in [0.3, 0.4) is 0 Å². The van der Waals surface area contributed by atoms with Crippen LogP contribution in [0.5, 0.6) is 11.5 Å². The number of aromatic amines is 1. The number of H-pyrrole nitrogens is 1. The second-order valence-corrected chi connectivity index (χ2v) is 18.2. The molecule has 17 heteroatoms. The summed E-state index contributed by atoms with van der Waals surface area (Å²) < 4.78 is 31.7. The van der Waals surface area contributed by atoms with Gasteiger partial charge in [-0.1, -0.05) is 127 Å². The maximum Gasteiger partial charge on any atom is 0.407 e. The van der Waals surface area contributed by atoms with E-state index >= 15 is 0 Å². The number of alkyl carbamates (subject to hydrolysis) is 1. The predicted molar refractivity (Wildman–Crippen MR) is 277 cm³/mol. The number of anilines is 1. The maximum absolute atomic E-state index is 13.3. The molecule has 2 aromatic heterocycles. The quantitative estimate of drug-likeness (QED) is 0.0296. The Morgan fingerprint density at radius 3 is 2.04 bits per heavy atom. The van der Waals surface area contributed by atoms with Crippen LogP contribution in [0.15, 0.2) is 163 Å². The number of amides is 1. The van der Waals surface area contributed by atoms with Crippen LogP contribution in [0.1, 0.15) is 70.2 Å². The molecule has 0 radical (unpaired) electrons. The topological polar surface area (TPSA) is 224 Å². The number of nitrogens with one attached hydrogen (secondary N) is 4. The van der Waals surface area contributed by atoms with E-state index in [2.05, 4.69) is 55.2 Å². The number of hydrogen-bond acceptors (Lipinski definition) is 14. The molecule has 1 aliphatic heterocycles. The molecule has 4 unspecified atom stereocenters. The first-order chi connectivity index (χ1) is 36.1. The van der Waals surface area contributed by atoms with Crippen molar-refractivity contribution in [3.63, 3.8) is 0 Å². The average molecular weight is 1000 g/mol. The lowest BCUT2D eigenvalue weighted by molar-refractivity contribution is -0.0931. The molecule has 17 nitrogen and oxygen atoms in total. The molecule has 0 bridgehead atoms. The molecule has 8 aromatic rings. The van der Waals surface area contributed by atoms with Gasteiger partial charge in [-0.15, -0.1) is 0 Å². The molecule has 74 heavy (non-hydrogen) atoms. The van der Waals surface area contributed by atoms with E-state index in [0.29, 0.717) is 17.1 Å². The molecule has 0 saturated carbocycles. The average Bonchev–Trinajstić information content (AvgIpc) is 4.14. The molecule has 7 N–H and O–H groups in total. The molecule has 6 aromatic carbocycles. The van der Waals surface area contributed by atoms with Gasteiger partial charge in [0.25, 0.3) is 5.56 Å². The number of carbonyl (C=O) groups excluding carboxylic acids is 1. The second-order valence-electron chi connectivity index (χ2n) is 18.2. The minimum atomic E-state index is -1.18. The van der Waals surface area contributed by atoms with E-state index in [-0.39, 0.29) is 62.2 Å². The number of nitrogens with zero attached hydrogens (tertiary/aromatic N) is 3. The highest BCUT2D eigenvalue weighted by Gasteiger charge is 2.42. The summed E-state index contributed by atoms with van der Waals surface area (Å²) >= 11 is 0. The van der Waals surface area contributed by atoms with E-state index in [1.165, 1.54) is 6.33 Å². The molecule has 2 aliphatic rings. The van der Waals surface area contributed by atoms with Gasteiger partial charge in [0.2, 0.25) is 5.95 Å². The van der Waals surface area contributed by atoms with Crippen molar-refractivity contribution in [2.45, 2.75) is 61.8 Å². The number of ether oxygens (including phenoxy) is 5. The van der Waals surface area contributed by atoms with Crippen molar-refractivity contribution >= 4 is 23.2 Å². The van der Waals surface area contributed by atoms with Crippen molar-refractivity contribution in [2.24, 2.45) is 0 Å². The Morgan fingerprint density at radius 2 is 1.41 bits per heavy atom. The van der Waals surface area contributed by atoms with Gasteiger partial charge in [0.15, 0.2) is 11.2 Å². The number of hydrogen-bond donors (Lipinski definition) is 7. The zero-order valence-electron chi connectivity index (χ0n) is 40.8. The Labute approximate surface area is 426 Å². The summed E-state index contributed by atoms with van der Waals surface area (Å²) in [5.41, 5.74) is 7.04. The summed E-state index contributed by atoms with van der Waals surface area (Å²) in [5, 5.41) is 42.0. The first-order valence-corrected chi connectivity index (χ1v) is 24.4. The molecule has 1 saturated heterocycles. The number of rotatable bonds is 20. The number of aliphatic hydroxyl groups is 3. The number of benzene rings is 6. The van der Waals surface area contributed by atoms with Crippen LogP contribution in [0.25, 0.3) is 22.3 Å². The summed E-state index contributed by atoms with van der Waals surface area (Å²) in [6.45, 7) is 0.611. The molecule has 1 fully saturated rings.